The lowest BCUT2D eigenvalue weighted by Gasteiger charge is -2.38. The van der Waals surface area contributed by atoms with Gasteiger partial charge in [-0.1, -0.05) is 13.8 Å². The third-order valence-corrected chi connectivity index (χ3v) is 3.81. The molecule has 106 valence electrons. The Hall–Kier alpha value is -1.16. The monoisotopic (exact) mass is 268 g/mol. The van der Waals surface area contributed by atoms with Crippen LogP contribution in [0.25, 0.3) is 0 Å². The third-order valence-electron chi connectivity index (χ3n) is 3.81. The molecule has 0 radical (unpaired) electrons. The van der Waals surface area contributed by atoms with E-state index in [2.05, 4.69) is 19.2 Å². The van der Waals surface area contributed by atoms with Gasteiger partial charge in [0, 0.05) is 25.2 Å². The van der Waals surface area contributed by atoms with Crippen LogP contribution in [0, 0.1) is 17.6 Å². The number of piperidine rings is 1. The van der Waals surface area contributed by atoms with Crippen molar-refractivity contribution in [2.45, 2.75) is 32.7 Å². The molecule has 1 fully saturated rings. The Labute approximate surface area is 113 Å². The number of hydrogen-bond acceptors (Lipinski definition) is 2. The lowest BCUT2D eigenvalue weighted by atomic mass is 9.93. The zero-order chi connectivity index (χ0) is 13.8. The Bertz CT molecular complexity index is 423. The number of halogens is 2. The Balaban J connectivity index is 2.03. The van der Waals surface area contributed by atoms with Crippen LogP contribution in [-0.4, -0.2) is 25.7 Å². The smallest absolute Gasteiger partial charge is 0.146 e. The van der Waals surface area contributed by atoms with Crippen LogP contribution >= 0.6 is 0 Å². The molecule has 19 heavy (non-hydrogen) atoms. The first-order chi connectivity index (χ1) is 9.11. The minimum absolute atomic E-state index is 0.339. The topological polar surface area (TPSA) is 15.3 Å². The minimum Gasteiger partial charge on any atom is -0.369 e. The third kappa shape index (κ3) is 3.44. The molecule has 2 atom stereocenters. The quantitative estimate of drug-likeness (QED) is 0.902. The number of nitrogens with one attached hydrogen (secondary N) is 1. The first-order valence-electron chi connectivity index (χ1n) is 7.05. The first-order valence-corrected chi connectivity index (χ1v) is 7.05. The molecule has 1 heterocycles. The molecule has 1 aromatic rings. The second kappa shape index (κ2) is 6.33. The average molecular weight is 268 g/mol. The van der Waals surface area contributed by atoms with E-state index in [4.69, 9.17) is 0 Å². The molecule has 1 aromatic carbocycles. The standard InChI is InChI=1S/C15H22F2N2/c1-3-7-18-14-6-8-19(10-11(14)2)15-9-12(16)4-5-13(15)17/h4-5,9,11,14,18H,3,6-8,10H2,1-2H3. The van der Waals surface area contributed by atoms with Crippen molar-refractivity contribution < 1.29 is 8.78 Å². The van der Waals surface area contributed by atoms with Crippen LogP contribution in [0.5, 0.6) is 0 Å². The Morgan fingerprint density at radius 1 is 1.37 bits per heavy atom. The molecule has 1 aliphatic rings. The second-order valence-corrected chi connectivity index (χ2v) is 5.37. The van der Waals surface area contributed by atoms with Crippen LogP contribution in [0.15, 0.2) is 18.2 Å². The first kappa shape index (κ1) is 14.3. The van der Waals surface area contributed by atoms with Crippen molar-refractivity contribution in [3.63, 3.8) is 0 Å². The van der Waals surface area contributed by atoms with E-state index in [0.29, 0.717) is 17.6 Å². The molecule has 0 amide bonds. The van der Waals surface area contributed by atoms with Crippen molar-refractivity contribution in [3.05, 3.63) is 29.8 Å². The summed E-state index contributed by atoms with van der Waals surface area (Å²) in [5.74, 6) is -0.285. The van der Waals surface area contributed by atoms with Crippen LogP contribution in [-0.2, 0) is 0 Å². The van der Waals surface area contributed by atoms with Crippen LogP contribution < -0.4 is 10.2 Å². The molecular weight excluding hydrogens is 246 g/mol. The maximum atomic E-state index is 13.8. The van der Waals surface area contributed by atoms with E-state index in [1.165, 1.54) is 12.1 Å². The number of anilines is 1. The van der Waals surface area contributed by atoms with E-state index in [9.17, 15) is 8.78 Å². The number of rotatable bonds is 4. The highest BCUT2D eigenvalue weighted by Gasteiger charge is 2.26. The average Bonchev–Trinajstić information content (AvgIpc) is 2.40. The van der Waals surface area contributed by atoms with Crippen molar-refractivity contribution >= 4 is 5.69 Å². The van der Waals surface area contributed by atoms with Crippen LogP contribution in [0.3, 0.4) is 0 Å². The van der Waals surface area contributed by atoms with Crippen molar-refractivity contribution in [3.8, 4) is 0 Å². The number of nitrogens with zero attached hydrogens (tertiary/aromatic N) is 1. The van der Waals surface area contributed by atoms with Gasteiger partial charge in [0.2, 0.25) is 0 Å². The van der Waals surface area contributed by atoms with Gasteiger partial charge in [0.15, 0.2) is 0 Å². The fraction of sp³-hybridized carbons (Fsp3) is 0.600. The Morgan fingerprint density at radius 3 is 2.84 bits per heavy atom. The summed E-state index contributed by atoms with van der Waals surface area (Å²) >= 11 is 0. The summed E-state index contributed by atoms with van der Waals surface area (Å²) < 4.78 is 27.0. The summed E-state index contributed by atoms with van der Waals surface area (Å²) in [6.45, 7) is 6.86. The van der Waals surface area contributed by atoms with Gasteiger partial charge in [-0.25, -0.2) is 8.78 Å². The van der Waals surface area contributed by atoms with Crippen LogP contribution in [0.2, 0.25) is 0 Å². The zero-order valence-electron chi connectivity index (χ0n) is 11.6. The molecular formula is C15H22F2N2. The SMILES string of the molecule is CCCNC1CCN(c2cc(F)ccc2F)CC1C. The zero-order valence-corrected chi connectivity index (χ0v) is 11.6. The van der Waals surface area contributed by atoms with Gasteiger partial charge >= 0.3 is 0 Å². The fourth-order valence-corrected chi connectivity index (χ4v) is 2.73. The summed E-state index contributed by atoms with van der Waals surface area (Å²) in [5.41, 5.74) is 0.390. The molecule has 2 rings (SSSR count). The highest BCUT2D eigenvalue weighted by molar-refractivity contribution is 5.48. The van der Waals surface area contributed by atoms with E-state index >= 15 is 0 Å². The molecule has 0 saturated carbocycles. The number of benzene rings is 1. The van der Waals surface area contributed by atoms with Gasteiger partial charge in [0.25, 0.3) is 0 Å². The van der Waals surface area contributed by atoms with Crippen molar-refractivity contribution in [1.29, 1.82) is 0 Å². The van der Waals surface area contributed by atoms with E-state index in [0.717, 1.165) is 38.5 Å². The summed E-state index contributed by atoms with van der Waals surface area (Å²) in [6.07, 6.45) is 2.09. The van der Waals surface area contributed by atoms with Gasteiger partial charge in [-0.15, -0.1) is 0 Å². The maximum Gasteiger partial charge on any atom is 0.146 e. The summed E-state index contributed by atoms with van der Waals surface area (Å²) in [5, 5.41) is 3.52. The van der Waals surface area contributed by atoms with Gasteiger partial charge in [-0.2, -0.15) is 0 Å². The second-order valence-electron chi connectivity index (χ2n) is 5.37. The van der Waals surface area contributed by atoms with E-state index in [1.807, 2.05) is 4.90 Å². The molecule has 2 nitrogen and oxygen atoms in total. The molecule has 1 N–H and O–H groups in total. The van der Waals surface area contributed by atoms with Crippen molar-refractivity contribution in [1.82, 2.24) is 5.32 Å². The molecule has 0 aromatic heterocycles. The molecule has 1 saturated heterocycles. The summed E-state index contributed by atoms with van der Waals surface area (Å²) in [7, 11) is 0. The van der Waals surface area contributed by atoms with Crippen LogP contribution in [0.4, 0.5) is 14.5 Å². The maximum absolute atomic E-state index is 13.8. The molecule has 0 spiro atoms. The highest BCUT2D eigenvalue weighted by atomic mass is 19.1. The summed E-state index contributed by atoms with van der Waals surface area (Å²) in [6, 6.07) is 4.14. The van der Waals surface area contributed by atoms with Gasteiger partial charge < -0.3 is 10.2 Å². The molecule has 0 bridgehead atoms. The lowest BCUT2D eigenvalue weighted by Crippen LogP contribution is -2.48. The van der Waals surface area contributed by atoms with E-state index < -0.39 is 0 Å². The van der Waals surface area contributed by atoms with Gasteiger partial charge in [-0.3, -0.25) is 0 Å². The van der Waals surface area contributed by atoms with Crippen molar-refractivity contribution in [2.75, 3.05) is 24.5 Å². The Kier molecular flexibility index (Phi) is 4.75. The lowest BCUT2D eigenvalue weighted by molar-refractivity contribution is 0.321. The molecule has 2 unspecified atom stereocenters. The molecule has 0 aliphatic carbocycles. The van der Waals surface area contributed by atoms with E-state index in [-0.39, 0.29) is 11.6 Å². The normalized spacial score (nSPS) is 23.7. The Morgan fingerprint density at radius 2 is 2.16 bits per heavy atom. The number of hydrogen-bond donors (Lipinski definition) is 1. The molecule has 4 heteroatoms. The fourth-order valence-electron chi connectivity index (χ4n) is 2.73. The molecule has 1 aliphatic heterocycles. The highest BCUT2D eigenvalue weighted by Crippen LogP contribution is 2.26. The van der Waals surface area contributed by atoms with Gasteiger partial charge in [-0.05, 0) is 37.4 Å². The minimum atomic E-state index is -0.379. The van der Waals surface area contributed by atoms with Gasteiger partial charge in [0.1, 0.15) is 11.6 Å². The largest absolute Gasteiger partial charge is 0.369 e. The van der Waals surface area contributed by atoms with Crippen molar-refractivity contribution in [2.24, 2.45) is 5.92 Å². The predicted octanol–water partition coefficient (Wildman–Crippen LogP) is 3.18. The van der Waals surface area contributed by atoms with Crippen LogP contribution in [0.1, 0.15) is 26.7 Å². The summed E-state index contributed by atoms with van der Waals surface area (Å²) in [4.78, 5) is 1.95. The van der Waals surface area contributed by atoms with Gasteiger partial charge in [0.05, 0.1) is 5.69 Å². The van der Waals surface area contributed by atoms with E-state index in [1.54, 1.807) is 0 Å². The predicted molar refractivity (Wildman–Crippen MR) is 74.4 cm³/mol.